The van der Waals surface area contributed by atoms with Crippen LogP contribution in [0, 0.1) is 17.1 Å². The third kappa shape index (κ3) is 2.53. The average molecular weight is 333 g/mol. The van der Waals surface area contributed by atoms with Crippen LogP contribution in [0.4, 0.5) is 23.2 Å². The Labute approximate surface area is 129 Å². The number of alkyl halides is 3. The standard InChI is InChI=1S/C13H11F4N3OS/c1-12(2)10(21)20(11(22)19-12)7-4-3-6(5-18)8(9(7)14)13(15,16)17/h3-4,11,19,22H,1-2H3. The molecule has 4 nitrogen and oxygen atoms in total. The van der Waals surface area contributed by atoms with E-state index < -0.39 is 45.8 Å². The van der Waals surface area contributed by atoms with Crippen molar-refractivity contribution in [1.82, 2.24) is 5.32 Å². The Bertz CT molecular complexity index is 681. The molecule has 1 unspecified atom stereocenters. The summed E-state index contributed by atoms with van der Waals surface area (Å²) < 4.78 is 53.3. The first kappa shape index (κ1) is 16.6. The third-order valence-corrected chi connectivity index (χ3v) is 3.63. The van der Waals surface area contributed by atoms with Gasteiger partial charge >= 0.3 is 6.18 Å². The van der Waals surface area contributed by atoms with Gasteiger partial charge in [-0.3, -0.25) is 15.0 Å². The smallest absolute Gasteiger partial charge is 0.283 e. The van der Waals surface area contributed by atoms with E-state index in [1.807, 2.05) is 0 Å². The maximum Gasteiger partial charge on any atom is 0.420 e. The number of hydrogen-bond acceptors (Lipinski definition) is 4. The molecule has 0 aliphatic carbocycles. The van der Waals surface area contributed by atoms with Gasteiger partial charge in [0.25, 0.3) is 0 Å². The Morgan fingerprint density at radius 3 is 2.41 bits per heavy atom. The molecule has 2 rings (SSSR count). The molecule has 1 aliphatic heterocycles. The first-order chi connectivity index (χ1) is 10.0. The number of nitrogens with zero attached hydrogens (tertiary/aromatic N) is 2. The van der Waals surface area contributed by atoms with Crippen LogP contribution in [0.15, 0.2) is 12.1 Å². The van der Waals surface area contributed by atoms with Crippen LogP contribution in [0.3, 0.4) is 0 Å². The first-order valence-corrected chi connectivity index (χ1v) is 6.61. The highest BCUT2D eigenvalue weighted by Gasteiger charge is 2.47. The summed E-state index contributed by atoms with van der Waals surface area (Å²) in [6.45, 7) is 3.01. The van der Waals surface area contributed by atoms with Gasteiger partial charge in [0.15, 0.2) is 5.82 Å². The molecule has 1 aromatic rings. The monoisotopic (exact) mass is 333 g/mol. The minimum Gasteiger partial charge on any atom is -0.283 e. The summed E-state index contributed by atoms with van der Waals surface area (Å²) >= 11 is 4.06. The van der Waals surface area contributed by atoms with Crippen LogP contribution in [0.25, 0.3) is 0 Å². The lowest BCUT2D eigenvalue weighted by atomic mass is 10.0. The second-order valence-corrected chi connectivity index (χ2v) is 5.74. The van der Waals surface area contributed by atoms with Gasteiger partial charge in [-0.15, -0.1) is 12.6 Å². The molecule has 0 saturated carbocycles. The van der Waals surface area contributed by atoms with Crippen LogP contribution in [-0.2, 0) is 11.0 Å². The fourth-order valence-electron chi connectivity index (χ4n) is 2.22. The van der Waals surface area contributed by atoms with E-state index in [-0.39, 0.29) is 0 Å². The number of amides is 1. The number of halogens is 4. The average Bonchev–Trinajstić information content (AvgIpc) is 2.57. The zero-order valence-electron chi connectivity index (χ0n) is 11.5. The van der Waals surface area contributed by atoms with Crippen molar-refractivity contribution in [2.24, 2.45) is 0 Å². The summed E-state index contributed by atoms with van der Waals surface area (Å²) in [7, 11) is 0. The molecule has 1 saturated heterocycles. The number of benzene rings is 1. The number of carbonyl (C=O) groups is 1. The molecule has 1 amide bonds. The lowest BCUT2D eigenvalue weighted by Gasteiger charge is -2.23. The molecule has 118 valence electrons. The van der Waals surface area contributed by atoms with Crippen molar-refractivity contribution in [2.45, 2.75) is 31.1 Å². The fourth-order valence-corrected chi connectivity index (χ4v) is 2.78. The van der Waals surface area contributed by atoms with Crippen LogP contribution < -0.4 is 10.2 Å². The Morgan fingerprint density at radius 1 is 1.41 bits per heavy atom. The highest BCUT2D eigenvalue weighted by molar-refractivity contribution is 7.81. The minimum atomic E-state index is -5.05. The van der Waals surface area contributed by atoms with Crippen LogP contribution in [0.2, 0.25) is 0 Å². The summed E-state index contributed by atoms with van der Waals surface area (Å²) in [5, 5.41) is 11.5. The number of carbonyl (C=O) groups excluding carboxylic acids is 1. The molecule has 1 N–H and O–H groups in total. The molecule has 22 heavy (non-hydrogen) atoms. The van der Waals surface area contributed by atoms with Gasteiger partial charge in [0.05, 0.1) is 22.9 Å². The molecule has 9 heteroatoms. The van der Waals surface area contributed by atoms with Crippen molar-refractivity contribution in [3.63, 3.8) is 0 Å². The van der Waals surface area contributed by atoms with Gasteiger partial charge in [0.2, 0.25) is 5.91 Å². The Morgan fingerprint density at radius 2 is 2.00 bits per heavy atom. The number of rotatable bonds is 1. The maximum atomic E-state index is 14.3. The van der Waals surface area contributed by atoms with E-state index in [2.05, 4.69) is 17.9 Å². The van der Waals surface area contributed by atoms with Crippen LogP contribution >= 0.6 is 12.6 Å². The van der Waals surface area contributed by atoms with Crippen molar-refractivity contribution in [3.05, 3.63) is 29.1 Å². The molecule has 1 atom stereocenters. The predicted molar refractivity (Wildman–Crippen MR) is 73.6 cm³/mol. The highest BCUT2D eigenvalue weighted by Crippen LogP contribution is 2.39. The summed E-state index contributed by atoms with van der Waals surface area (Å²) in [5.41, 5.74) is -5.18. The lowest BCUT2D eigenvalue weighted by molar-refractivity contribution is -0.140. The lowest BCUT2D eigenvalue weighted by Crippen LogP contribution is -2.40. The first-order valence-electron chi connectivity index (χ1n) is 6.10. The summed E-state index contributed by atoms with van der Waals surface area (Å²) in [6, 6.07) is 3.10. The second-order valence-electron chi connectivity index (χ2n) is 5.25. The molecular formula is C13H11F4N3OS. The fraction of sp³-hybridized carbons (Fsp3) is 0.385. The summed E-state index contributed by atoms with van der Waals surface area (Å²) in [6.07, 6.45) is -5.05. The largest absolute Gasteiger partial charge is 0.420 e. The molecular weight excluding hydrogens is 322 g/mol. The van der Waals surface area contributed by atoms with E-state index in [1.165, 1.54) is 19.9 Å². The van der Waals surface area contributed by atoms with Gasteiger partial charge in [-0.2, -0.15) is 18.4 Å². The molecule has 1 fully saturated rings. The third-order valence-electron chi connectivity index (χ3n) is 3.27. The number of nitriles is 1. The van der Waals surface area contributed by atoms with Crippen molar-refractivity contribution >= 4 is 24.2 Å². The van der Waals surface area contributed by atoms with E-state index >= 15 is 0 Å². The Hall–Kier alpha value is -1.79. The van der Waals surface area contributed by atoms with Gasteiger partial charge in [-0.1, -0.05) is 0 Å². The highest BCUT2D eigenvalue weighted by atomic mass is 32.1. The van der Waals surface area contributed by atoms with Crippen molar-refractivity contribution in [3.8, 4) is 6.07 Å². The molecule has 1 aromatic carbocycles. The SMILES string of the molecule is CC1(C)NC(S)N(c2ccc(C#N)c(C(F)(F)F)c2F)C1=O. The second kappa shape index (κ2) is 5.14. The number of anilines is 1. The van der Waals surface area contributed by atoms with Crippen molar-refractivity contribution in [2.75, 3.05) is 4.90 Å². The number of nitrogens with one attached hydrogen (secondary N) is 1. The maximum absolute atomic E-state index is 14.3. The van der Waals surface area contributed by atoms with Crippen LogP contribution in [0.5, 0.6) is 0 Å². The van der Waals surface area contributed by atoms with Gasteiger partial charge < -0.3 is 0 Å². The normalized spacial score (nSPS) is 21.1. The molecule has 0 aromatic heterocycles. The van der Waals surface area contributed by atoms with Crippen molar-refractivity contribution < 1.29 is 22.4 Å². The van der Waals surface area contributed by atoms with Crippen LogP contribution in [-0.4, -0.2) is 16.9 Å². The number of thiol groups is 1. The van der Waals surface area contributed by atoms with Crippen molar-refractivity contribution in [1.29, 1.82) is 5.26 Å². The predicted octanol–water partition coefficient (Wildman–Crippen LogP) is 2.64. The summed E-state index contributed by atoms with van der Waals surface area (Å²) in [4.78, 5) is 13.0. The molecule has 0 spiro atoms. The molecule has 1 heterocycles. The van der Waals surface area contributed by atoms with E-state index in [0.29, 0.717) is 0 Å². The molecule has 0 radical (unpaired) electrons. The van der Waals surface area contributed by atoms with Gasteiger partial charge in [-0.25, -0.2) is 4.39 Å². The van der Waals surface area contributed by atoms with E-state index in [9.17, 15) is 22.4 Å². The Balaban J connectivity index is 2.65. The molecule has 1 aliphatic rings. The Kier molecular flexibility index (Phi) is 3.87. The topological polar surface area (TPSA) is 56.1 Å². The minimum absolute atomic E-state index is 0.575. The van der Waals surface area contributed by atoms with Crippen LogP contribution in [0.1, 0.15) is 25.0 Å². The van der Waals surface area contributed by atoms with E-state index in [1.54, 1.807) is 0 Å². The molecule has 0 bridgehead atoms. The zero-order valence-corrected chi connectivity index (χ0v) is 12.4. The van der Waals surface area contributed by atoms with Gasteiger partial charge in [0, 0.05) is 0 Å². The number of hydrogen-bond donors (Lipinski definition) is 2. The van der Waals surface area contributed by atoms with E-state index in [0.717, 1.165) is 17.0 Å². The van der Waals surface area contributed by atoms with E-state index in [4.69, 9.17) is 5.26 Å². The van der Waals surface area contributed by atoms with Gasteiger partial charge in [-0.05, 0) is 26.0 Å². The zero-order chi connectivity index (χ0) is 16.9. The van der Waals surface area contributed by atoms with Gasteiger partial charge in [0.1, 0.15) is 11.1 Å². The quantitative estimate of drug-likeness (QED) is 0.614. The summed E-state index contributed by atoms with van der Waals surface area (Å²) in [5.74, 6) is -2.29.